The minimum atomic E-state index is -1.30. The summed E-state index contributed by atoms with van der Waals surface area (Å²) in [6, 6.07) is 9.40. The van der Waals surface area contributed by atoms with E-state index >= 15 is 0 Å². The SMILES string of the molecule is CC(C)(C)[C@@]1(C2(O)CN(C(=O)OCc3ccccc3)C2)CCCCN1C(=O)O. The molecule has 2 aliphatic heterocycles. The van der Waals surface area contributed by atoms with Crippen LogP contribution in [0.4, 0.5) is 9.59 Å². The summed E-state index contributed by atoms with van der Waals surface area (Å²) >= 11 is 0. The topological polar surface area (TPSA) is 90.3 Å². The summed E-state index contributed by atoms with van der Waals surface area (Å²) in [5, 5.41) is 21.3. The molecule has 0 aliphatic carbocycles. The van der Waals surface area contributed by atoms with Crippen molar-refractivity contribution >= 4 is 12.2 Å². The monoisotopic (exact) mass is 390 g/mol. The van der Waals surface area contributed by atoms with Gasteiger partial charge in [0.25, 0.3) is 0 Å². The molecule has 154 valence electrons. The second-order valence-electron chi connectivity index (χ2n) is 8.93. The largest absolute Gasteiger partial charge is 0.465 e. The molecule has 1 atom stereocenters. The Hall–Kier alpha value is -2.28. The lowest BCUT2D eigenvalue weighted by Gasteiger charge is -2.65. The summed E-state index contributed by atoms with van der Waals surface area (Å²) in [5.74, 6) is 0. The number of ether oxygens (including phenoxy) is 1. The summed E-state index contributed by atoms with van der Waals surface area (Å²) in [5.41, 5.74) is -1.83. The number of carbonyl (C=O) groups excluding carboxylic acids is 1. The second-order valence-corrected chi connectivity index (χ2v) is 8.93. The zero-order valence-corrected chi connectivity index (χ0v) is 16.9. The Balaban J connectivity index is 1.73. The molecule has 2 N–H and O–H groups in total. The Bertz CT molecular complexity index is 724. The third kappa shape index (κ3) is 3.32. The highest BCUT2D eigenvalue weighted by Gasteiger charge is 2.67. The zero-order chi connectivity index (χ0) is 20.6. The summed E-state index contributed by atoms with van der Waals surface area (Å²) in [6.45, 7) is 6.59. The van der Waals surface area contributed by atoms with Crippen LogP contribution in [0, 0.1) is 5.41 Å². The van der Waals surface area contributed by atoms with Crippen molar-refractivity contribution in [2.24, 2.45) is 5.41 Å². The number of carboxylic acid groups (broad SMARTS) is 1. The maximum absolute atomic E-state index is 12.4. The minimum Gasteiger partial charge on any atom is -0.465 e. The van der Waals surface area contributed by atoms with Gasteiger partial charge in [-0.05, 0) is 30.2 Å². The molecule has 0 spiro atoms. The molecular weight excluding hydrogens is 360 g/mol. The summed E-state index contributed by atoms with van der Waals surface area (Å²) in [6.07, 6.45) is 0.695. The molecule has 0 aromatic heterocycles. The van der Waals surface area contributed by atoms with E-state index in [-0.39, 0.29) is 19.7 Å². The molecule has 7 nitrogen and oxygen atoms in total. The van der Waals surface area contributed by atoms with Crippen LogP contribution in [-0.4, -0.2) is 63.0 Å². The van der Waals surface area contributed by atoms with Gasteiger partial charge >= 0.3 is 12.2 Å². The molecule has 2 fully saturated rings. The van der Waals surface area contributed by atoms with Crippen molar-refractivity contribution in [2.45, 2.75) is 57.8 Å². The van der Waals surface area contributed by atoms with E-state index in [9.17, 15) is 19.8 Å². The van der Waals surface area contributed by atoms with Gasteiger partial charge in [-0.1, -0.05) is 51.1 Å². The maximum Gasteiger partial charge on any atom is 0.410 e. The molecule has 0 saturated carbocycles. The van der Waals surface area contributed by atoms with Gasteiger partial charge in [-0.3, -0.25) is 4.90 Å². The lowest BCUT2D eigenvalue weighted by Crippen LogP contribution is -2.82. The second kappa shape index (κ2) is 7.28. The van der Waals surface area contributed by atoms with Crippen molar-refractivity contribution in [2.75, 3.05) is 19.6 Å². The number of benzene rings is 1. The molecule has 2 heterocycles. The minimum absolute atomic E-state index is 0.0711. The van der Waals surface area contributed by atoms with E-state index in [1.165, 1.54) is 9.80 Å². The number of aliphatic hydroxyl groups is 1. The fourth-order valence-electron chi connectivity index (χ4n) is 4.98. The number of hydrogen-bond donors (Lipinski definition) is 2. The van der Waals surface area contributed by atoms with Gasteiger partial charge in [-0.2, -0.15) is 0 Å². The lowest BCUT2D eigenvalue weighted by molar-refractivity contribution is -0.220. The first-order chi connectivity index (χ1) is 13.1. The highest BCUT2D eigenvalue weighted by atomic mass is 16.6. The molecule has 0 unspecified atom stereocenters. The highest BCUT2D eigenvalue weighted by Crippen LogP contribution is 2.52. The first-order valence-electron chi connectivity index (χ1n) is 9.79. The van der Waals surface area contributed by atoms with E-state index in [1.807, 2.05) is 51.1 Å². The van der Waals surface area contributed by atoms with Crippen LogP contribution < -0.4 is 0 Å². The van der Waals surface area contributed by atoms with Crippen LogP contribution in [-0.2, 0) is 11.3 Å². The fraction of sp³-hybridized carbons (Fsp3) is 0.619. The summed E-state index contributed by atoms with van der Waals surface area (Å²) in [7, 11) is 0. The Morgan fingerprint density at radius 3 is 2.36 bits per heavy atom. The normalized spacial score (nSPS) is 24.4. The molecule has 2 saturated heterocycles. The van der Waals surface area contributed by atoms with E-state index in [1.54, 1.807) is 0 Å². The van der Waals surface area contributed by atoms with Gasteiger partial charge in [0.2, 0.25) is 0 Å². The van der Waals surface area contributed by atoms with Gasteiger partial charge in [-0.15, -0.1) is 0 Å². The van der Waals surface area contributed by atoms with E-state index in [2.05, 4.69) is 0 Å². The number of carbonyl (C=O) groups is 2. The van der Waals surface area contributed by atoms with Gasteiger partial charge in [0.05, 0.1) is 18.6 Å². The van der Waals surface area contributed by atoms with Crippen molar-refractivity contribution in [3.05, 3.63) is 35.9 Å². The fourth-order valence-corrected chi connectivity index (χ4v) is 4.98. The van der Waals surface area contributed by atoms with E-state index < -0.39 is 28.7 Å². The zero-order valence-electron chi connectivity index (χ0n) is 16.9. The first-order valence-corrected chi connectivity index (χ1v) is 9.79. The Kier molecular flexibility index (Phi) is 5.32. The molecule has 1 aromatic rings. The first kappa shape index (κ1) is 20.5. The van der Waals surface area contributed by atoms with E-state index in [0.717, 1.165) is 18.4 Å². The standard InChI is InChI=1S/C21H30N2O5/c1-19(2,3)21(11-7-8-12-23(21)17(24)25)20(27)14-22(15-20)18(26)28-13-16-9-5-4-6-10-16/h4-6,9-10,27H,7-8,11-15H2,1-3H3,(H,24,25)/t21-/m1/s1. The number of nitrogens with zero attached hydrogens (tertiary/aromatic N) is 2. The predicted octanol–water partition coefficient (Wildman–Crippen LogP) is 3.32. The van der Waals surface area contributed by atoms with Crippen molar-refractivity contribution in [1.82, 2.24) is 9.80 Å². The number of β-amino-alcohol motifs (C(OH)–C–C–N with tert-alkyl or cyclic N) is 1. The number of amides is 2. The molecule has 3 rings (SSSR count). The van der Waals surface area contributed by atoms with Crippen LogP contribution >= 0.6 is 0 Å². The molecule has 0 bridgehead atoms. The van der Waals surface area contributed by atoms with Crippen LogP contribution in [0.2, 0.25) is 0 Å². The molecule has 2 amide bonds. The molecule has 7 heteroatoms. The van der Waals surface area contributed by atoms with Gasteiger partial charge in [0, 0.05) is 6.54 Å². The summed E-state index contributed by atoms with van der Waals surface area (Å²) in [4.78, 5) is 27.2. The highest BCUT2D eigenvalue weighted by molar-refractivity contribution is 5.71. The number of piperidine rings is 1. The summed E-state index contributed by atoms with van der Waals surface area (Å²) < 4.78 is 5.35. The number of likely N-dealkylation sites (tertiary alicyclic amines) is 2. The molecular formula is C21H30N2O5. The van der Waals surface area contributed by atoms with E-state index in [0.29, 0.717) is 13.0 Å². The maximum atomic E-state index is 12.4. The van der Waals surface area contributed by atoms with Crippen LogP contribution in [0.5, 0.6) is 0 Å². The molecule has 0 radical (unpaired) electrons. The van der Waals surface area contributed by atoms with Crippen LogP contribution in [0.15, 0.2) is 30.3 Å². The van der Waals surface area contributed by atoms with Crippen LogP contribution in [0.25, 0.3) is 0 Å². The van der Waals surface area contributed by atoms with Crippen LogP contribution in [0.3, 0.4) is 0 Å². The average molecular weight is 390 g/mol. The number of rotatable bonds is 3. The van der Waals surface area contributed by atoms with Crippen molar-refractivity contribution in [3.8, 4) is 0 Å². The molecule has 2 aliphatic rings. The Labute approximate surface area is 165 Å². The third-order valence-corrected chi connectivity index (χ3v) is 6.24. The van der Waals surface area contributed by atoms with Gasteiger partial charge in [-0.25, -0.2) is 9.59 Å². The van der Waals surface area contributed by atoms with Crippen molar-refractivity contribution in [3.63, 3.8) is 0 Å². The van der Waals surface area contributed by atoms with Gasteiger partial charge in [0.15, 0.2) is 0 Å². The molecule has 1 aromatic carbocycles. The Morgan fingerprint density at radius 2 is 1.79 bits per heavy atom. The van der Waals surface area contributed by atoms with Gasteiger partial charge < -0.3 is 19.8 Å². The van der Waals surface area contributed by atoms with Crippen molar-refractivity contribution < 1.29 is 24.5 Å². The van der Waals surface area contributed by atoms with E-state index in [4.69, 9.17) is 4.74 Å². The van der Waals surface area contributed by atoms with Gasteiger partial charge in [0.1, 0.15) is 12.2 Å². The average Bonchev–Trinajstić information content (AvgIpc) is 2.63. The number of hydrogen-bond acceptors (Lipinski definition) is 4. The Morgan fingerprint density at radius 1 is 1.14 bits per heavy atom. The molecule has 28 heavy (non-hydrogen) atoms. The smallest absolute Gasteiger partial charge is 0.410 e. The lowest BCUT2D eigenvalue weighted by atomic mass is 9.57. The third-order valence-electron chi connectivity index (χ3n) is 6.24. The predicted molar refractivity (Wildman–Crippen MR) is 104 cm³/mol. The van der Waals surface area contributed by atoms with Crippen molar-refractivity contribution in [1.29, 1.82) is 0 Å². The quantitative estimate of drug-likeness (QED) is 0.826. The van der Waals surface area contributed by atoms with Crippen LogP contribution in [0.1, 0.15) is 45.6 Å².